The second-order valence-corrected chi connectivity index (χ2v) is 3.52. The zero-order valence-electron chi connectivity index (χ0n) is 8.80. The van der Waals surface area contributed by atoms with Crippen molar-refractivity contribution in [3.8, 4) is 23.5 Å². The van der Waals surface area contributed by atoms with Crippen LogP contribution in [0.25, 0.3) is 11.1 Å². The van der Waals surface area contributed by atoms with Crippen LogP contribution in [-0.2, 0) is 0 Å². The minimum atomic E-state index is -0.851. The van der Waals surface area contributed by atoms with Gasteiger partial charge < -0.3 is 5.11 Å². The molecule has 78 valence electrons. The molecular formula is C15H12O. The molecule has 0 amide bonds. The summed E-state index contributed by atoms with van der Waals surface area (Å²) in [6, 6.07) is 17.5. The Bertz CT molecular complexity index is 508. The first-order chi connectivity index (χ1) is 7.83. The quantitative estimate of drug-likeness (QED) is 0.752. The Morgan fingerprint density at radius 2 is 1.56 bits per heavy atom. The van der Waals surface area contributed by atoms with Crippen LogP contribution in [0, 0.1) is 12.3 Å². The molecule has 2 aromatic carbocycles. The number of aliphatic hydroxyl groups is 1. The van der Waals surface area contributed by atoms with Crippen molar-refractivity contribution >= 4 is 0 Å². The first kappa shape index (κ1) is 10.5. The highest BCUT2D eigenvalue weighted by Crippen LogP contribution is 2.27. The molecule has 0 aliphatic rings. The maximum Gasteiger partial charge on any atom is 0.140 e. The summed E-state index contributed by atoms with van der Waals surface area (Å²) in [5, 5.41) is 9.74. The monoisotopic (exact) mass is 208 g/mol. The molecule has 0 fully saturated rings. The second kappa shape index (κ2) is 4.65. The van der Waals surface area contributed by atoms with Gasteiger partial charge >= 0.3 is 0 Å². The van der Waals surface area contributed by atoms with Gasteiger partial charge in [0.15, 0.2) is 0 Å². The van der Waals surface area contributed by atoms with E-state index in [2.05, 4.69) is 5.92 Å². The molecule has 1 nitrogen and oxygen atoms in total. The van der Waals surface area contributed by atoms with Crippen LogP contribution in [-0.4, -0.2) is 5.11 Å². The largest absolute Gasteiger partial charge is 0.376 e. The predicted octanol–water partition coefficient (Wildman–Crippen LogP) is 3.02. The van der Waals surface area contributed by atoms with E-state index < -0.39 is 6.10 Å². The summed E-state index contributed by atoms with van der Waals surface area (Å²) in [5.74, 6) is 2.35. The van der Waals surface area contributed by atoms with Gasteiger partial charge in [-0.15, -0.1) is 6.42 Å². The number of terminal acetylenes is 1. The predicted molar refractivity (Wildman–Crippen MR) is 65.7 cm³/mol. The van der Waals surface area contributed by atoms with E-state index in [1.807, 2.05) is 54.6 Å². The Balaban J connectivity index is 2.54. The van der Waals surface area contributed by atoms with Crippen molar-refractivity contribution in [1.29, 1.82) is 0 Å². The lowest BCUT2D eigenvalue weighted by atomic mass is 9.96. The highest BCUT2D eigenvalue weighted by molar-refractivity contribution is 5.68. The number of rotatable bonds is 2. The zero-order valence-corrected chi connectivity index (χ0v) is 8.80. The third-order valence-corrected chi connectivity index (χ3v) is 2.50. The van der Waals surface area contributed by atoms with Gasteiger partial charge in [-0.05, 0) is 11.1 Å². The highest BCUT2D eigenvalue weighted by Gasteiger charge is 2.09. The molecule has 0 saturated heterocycles. The standard InChI is InChI=1S/C15H12O/c1-2-15(16)14-11-7-6-10-13(14)12-8-4-3-5-9-12/h1,3-11,15-16H. The second-order valence-electron chi connectivity index (χ2n) is 3.52. The Morgan fingerprint density at radius 3 is 2.25 bits per heavy atom. The van der Waals surface area contributed by atoms with Gasteiger partial charge in [-0.1, -0.05) is 60.5 Å². The van der Waals surface area contributed by atoms with Gasteiger partial charge in [-0.2, -0.15) is 0 Å². The van der Waals surface area contributed by atoms with Crippen LogP contribution >= 0.6 is 0 Å². The average Bonchev–Trinajstić information content (AvgIpc) is 2.39. The molecule has 0 aliphatic carbocycles. The van der Waals surface area contributed by atoms with Crippen molar-refractivity contribution in [1.82, 2.24) is 0 Å². The average molecular weight is 208 g/mol. The van der Waals surface area contributed by atoms with Crippen molar-refractivity contribution < 1.29 is 5.11 Å². The fourth-order valence-corrected chi connectivity index (χ4v) is 1.71. The van der Waals surface area contributed by atoms with Crippen LogP contribution in [0.3, 0.4) is 0 Å². The molecule has 0 aliphatic heterocycles. The van der Waals surface area contributed by atoms with Crippen LogP contribution in [0.15, 0.2) is 54.6 Å². The van der Waals surface area contributed by atoms with E-state index in [4.69, 9.17) is 6.42 Å². The van der Waals surface area contributed by atoms with E-state index in [1.165, 1.54) is 0 Å². The van der Waals surface area contributed by atoms with Crippen LogP contribution < -0.4 is 0 Å². The molecule has 1 N–H and O–H groups in total. The zero-order chi connectivity index (χ0) is 11.4. The third kappa shape index (κ3) is 1.98. The summed E-state index contributed by atoms with van der Waals surface area (Å²) in [6.45, 7) is 0. The van der Waals surface area contributed by atoms with E-state index in [0.29, 0.717) is 0 Å². The van der Waals surface area contributed by atoms with Gasteiger partial charge in [-0.25, -0.2) is 0 Å². The lowest BCUT2D eigenvalue weighted by Crippen LogP contribution is -1.96. The topological polar surface area (TPSA) is 20.2 Å². The van der Waals surface area contributed by atoms with Gasteiger partial charge in [0, 0.05) is 5.56 Å². The van der Waals surface area contributed by atoms with Gasteiger partial charge in [-0.3, -0.25) is 0 Å². The number of hydrogen-bond acceptors (Lipinski definition) is 1. The summed E-state index contributed by atoms with van der Waals surface area (Å²) in [4.78, 5) is 0. The molecule has 2 aromatic rings. The Labute approximate surface area is 95.4 Å². The van der Waals surface area contributed by atoms with Crippen LogP contribution in [0.5, 0.6) is 0 Å². The lowest BCUT2D eigenvalue weighted by Gasteiger charge is -2.11. The highest BCUT2D eigenvalue weighted by atomic mass is 16.3. The maximum absolute atomic E-state index is 9.74. The van der Waals surface area contributed by atoms with Gasteiger partial charge in [0.25, 0.3) is 0 Å². The molecule has 0 bridgehead atoms. The van der Waals surface area contributed by atoms with Gasteiger partial charge in [0.05, 0.1) is 0 Å². The van der Waals surface area contributed by atoms with E-state index in [9.17, 15) is 5.11 Å². The molecule has 0 saturated carbocycles. The fourth-order valence-electron chi connectivity index (χ4n) is 1.71. The Kier molecular flexibility index (Phi) is 3.05. The molecular weight excluding hydrogens is 196 g/mol. The summed E-state index contributed by atoms with van der Waals surface area (Å²) >= 11 is 0. The molecule has 16 heavy (non-hydrogen) atoms. The fraction of sp³-hybridized carbons (Fsp3) is 0.0667. The number of aliphatic hydroxyl groups excluding tert-OH is 1. The third-order valence-electron chi connectivity index (χ3n) is 2.50. The van der Waals surface area contributed by atoms with Gasteiger partial charge in [0.2, 0.25) is 0 Å². The Hall–Kier alpha value is -2.04. The van der Waals surface area contributed by atoms with Crippen LogP contribution in [0.1, 0.15) is 11.7 Å². The van der Waals surface area contributed by atoms with Crippen molar-refractivity contribution in [2.24, 2.45) is 0 Å². The van der Waals surface area contributed by atoms with E-state index in [0.717, 1.165) is 16.7 Å². The normalized spacial score (nSPS) is 11.8. The van der Waals surface area contributed by atoms with Crippen LogP contribution in [0.4, 0.5) is 0 Å². The molecule has 1 unspecified atom stereocenters. The molecule has 1 atom stereocenters. The Morgan fingerprint density at radius 1 is 0.938 bits per heavy atom. The van der Waals surface area contributed by atoms with Crippen molar-refractivity contribution in [2.75, 3.05) is 0 Å². The van der Waals surface area contributed by atoms with E-state index >= 15 is 0 Å². The number of benzene rings is 2. The molecule has 0 radical (unpaired) electrons. The minimum Gasteiger partial charge on any atom is -0.376 e. The summed E-state index contributed by atoms with van der Waals surface area (Å²) in [7, 11) is 0. The summed E-state index contributed by atoms with van der Waals surface area (Å²) in [5.41, 5.74) is 2.82. The van der Waals surface area contributed by atoms with E-state index in [1.54, 1.807) is 0 Å². The van der Waals surface area contributed by atoms with Crippen molar-refractivity contribution in [3.63, 3.8) is 0 Å². The van der Waals surface area contributed by atoms with Crippen LogP contribution in [0.2, 0.25) is 0 Å². The molecule has 1 heteroatoms. The first-order valence-corrected chi connectivity index (χ1v) is 5.11. The minimum absolute atomic E-state index is 0.774. The first-order valence-electron chi connectivity index (χ1n) is 5.11. The summed E-state index contributed by atoms with van der Waals surface area (Å²) < 4.78 is 0. The summed E-state index contributed by atoms with van der Waals surface area (Å²) in [6.07, 6.45) is 4.40. The molecule has 0 spiro atoms. The number of hydrogen-bond donors (Lipinski definition) is 1. The molecule has 0 aromatic heterocycles. The van der Waals surface area contributed by atoms with Crippen molar-refractivity contribution in [2.45, 2.75) is 6.10 Å². The SMILES string of the molecule is C#CC(O)c1ccccc1-c1ccccc1. The lowest BCUT2D eigenvalue weighted by molar-refractivity contribution is 0.239. The molecule has 0 heterocycles. The van der Waals surface area contributed by atoms with E-state index in [-0.39, 0.29) is 0 Å². The smallest absolute Gasteiger partial charge is 0.140 e. The van der Waals surface area contributed by atoms with Gasteiger partial charge in [0.1, 0.15) is 6.10 Å². The van der Waals surface area contributed by atoms with Crippen molar-refractivity contribution in [3.05, 3.63) is 60.2 Å². The maximum atomic E-state index is 9.74. The molecule has 2 rings (SSSR count).